The number of hydrogen-bond donors (Lipinski definition) is 1. The van der Waals surface area contributed by atoms with Crippen molar-refractivity contribution in [2.75, 3.05) is 19.6 Å². The van der Waals surface area contributed by atoms with Crippen molar-refractivity contribution in [2.24, 2.45) is 0 Å². The van der Waals surface area contributed by atoms with Crippen LogP contribution in [-0.2, 0) is 17.8 Å². The van der Waals surface area contributed by atoms with Gasteiger partial charge in [0.15, 0.2) is 5.78 Å². The van der Waals surface area contributed by atoms with Gasteiger partial charge >= 0.3 is 0 Å². The summed E-state index contributed by atoms with van der Waals surface area (Å²) in [5, 5.41) is 5.36. The molecule has 0 saturated carbocycles. The van der Waals surface area contributed by atoms with Crippen LogP contribution >= 0.6 is 0 Å². The van der Waals surface area contributed by atoms with E-state index < -0.39 is 0 Å². The molecule has 0 aliphatic carbocycles. The minimum Gasteiger partial charge on any atom is -0.353 e. The number of benzene rings is 3. The lowest BCUT2D eigenvalue weighted by Gasteiger charge is -2.29. The summed E-state index contributed by atoms with van der Waals surface area (Å²) >= 11 is 0. The second kappa shape index (κ2) is 10.4. The fourth-order valence-corrected chi connectivity index (χ4v) is 4.24. The maximum atomic E-state index is 12.1. The maximum absolute atomic E-state index is 12.1. The Labute approximate surface area is 189 Å². The third-order valence-corrected chi connectivity index (χ3v) is 6.11. The van der Waals surface area contributed by atoms with Crippen LogP contribution < -0.4 is 5.32 Å². The van der Waals surface area contributed by atoms with Gasteiger partial charge in [-0.15, -0.1) is 0 Å². The molecule has 0 fully saturated rings. The Morgan fingerprint density at radius 3 is 2.66 bits per heavy atom. The Hall–Kier alpha value is -3.24. The molecule has 1 amide bonds. The number of nitrogens with one attached hydrogen (secondary N) is 1. The predicted octanol–water partition coefficient (Wildman–Crippen LogP) is 5.01. The van der Waals surface area contributed by atoms with Crippen LogP contribution in [0, 0.1) is 0 Å². The van der Waals surface area contributed by atoms with E-state index >= 15 is 0 Å². The number of carbonyl (C=O) groups excluding carboxylic acids is 2. The molecule has 0 aromatic heterocycles. The van der Waals surface area contributed by atoms with Crippen molar-refractivity contribution in [1.82, 2.24) is 10.2 Å². The van der Waals surface area contributed by atoms with E-state index in [0.717, 1.165) is 50.0 Å². The van der Waals surface area contributed by atoms with Crippen LogP contribution in [0.4, 0.5) is 0 Å². The molecule has 0 saturated heterocycles. The molecule has 0 spiro atoms. The molecule has 164 valence electrons. The number of carbonyl (C=O) groups is 2. The molecule has 1 heterocycles. The Balaban J connectivity index is 1.18. The first-order chi connectivity index (χ1) is 15.6. The number of rotatable bonds is 8. The smallest absolute Gasteiger partial charge is 0.243 e. The summed E-state index contributed by atoms with van der Waals surface area (Å²) in [6, 6.07) is 20.5. The van der Waals surface area contributed by atoms with E-state index in [4.69, 9.17) is 0 Å². The highest BCUT2D eigenvalue weighted by molar-refractivity contribution is 5.94. The van der Waals surface area contributed by atoms with Crippen LogP contribution in [0.15, 0.2) is 66.7 Å². The molecule has 0 atom stereocenters. The van der Waals surface area contributed by atoms with E-state index in [9.17, 15) is 9.59 Å². The Morgan fingerprint density at radius 1 is 0.969 bits per heavy atom. The number of amides is 1. The van der Waals surface area contributed by atoms with Gasteiger partial charge in [-0.25, -0.2) is 0 Å². The largest absolute Gasteiger partial charge is 0.353 e. The topological polar surface area (TPSA) is 49.4 Å². The average molecular weight is 427 g/mol. The average Bonchev–Trinajstić information content (AvgIpc) is 2.81. The van der Waals surface area contributed by atoms with Crippen molar-refractivity contribution in [3.05, 3.63) is 89.0 Å². The quantitative estimate of drug-likeness (QED) is 0.313. The van der Waals surface area contributed by atoms with E-state index in [2.05, 4.69) is 40.5 Å². The molecule has 0 bridgehead atoms. The van der Waals surface area contributed by atoms with Gasteiger partial charge in [0.05, 0.1) is 0 Å². The summed E-state index contributed by atoms with van der Waals surface area (Å²) in [5.41, 5.74) is 4.45. The molecule has 3 aromatic carbocycles. The van der Waals surface area contributed by atoms with Crippen LogP contribution in [0.2, 0.25) is 0 Å². The number of hydrogen-bond acceptors (Lipinski definition) is 3. The first kappa shape index (κ1) is 22.0. The summed E-state index contributed by atoms with van der Waals surface area (Å²) in [5.74, 6) is 0.0668. The van der Waals surface area contributed by atoms with Gasteiger partial charge in [0.25, 0.3) is 0 Å². The zero-order valence-corrected chi connectivity index (χ0v) is 18.6. The van der Waals surface area contributed by atoms with Gasteiger partial charge in [0, 0.05) is 31.3 Å². The van der Waals surface area contributed by atoms with E-state index in [0.29, 0.717) is 6.54 Å². The van der Waals surface area contributed by atoms with Gasteiger partial charge in [-0.3, -0.25) is 14.5 Å². The zero-order valence-electron chi connectivity index (χ0n) is 18.6. The zero-order chi connectivity index (χ0) is 22.3. The standard InChI is InChI=1S/C28H30N2O2/c1-21(31)25-12-11-24-14-17-30(20-27(24)19-25)16-5-4-15-29-28(32)13-9-22-8-10-23-6-2-3-7-26(23)18-22/h2-3,6-13,18-19H,4-5,14-17,20H2,1H3,(H,29,32)/b13-9+. The number of nitrogens with zero attached hydrogens (tertiary/aromatic N) is 1. The van der Waals surface area contributed by atoms with Crippen LogP contribution in [0.1, 0.15) is 46.8 Å². The lowest BCUT2D eigenvalue weighted by Crippen LogP contribution is -2.32. The van der Waals surface area contributed by atoms with Gasteiger partial charge in [0.2, 0.25) is 5.91 Å². The fraction of sp³-hybridized carbons (Fsp3) is 0.286. The number of fused-ring (bicyclic) bond motifs is 2. The molecule has 4 nitrogen and oxygen atoms in total. The van der Waals surface area contributed by atoms with Crippen molar-refractivity contribution >= 4 is 28.5 Å². The second-order valence-corrected chi connectivity index (χ2v) is 8.50. The Bertz CT molecular complexity index is 1150. The molecular weight excluding hydrogens is 396 g/mol. The van der Waals surface area contributed by atoms with Crippen molar-refractivity contribution in [2.45, 2.75) is 32.7 Å². The molecule has 1 aliphatic heterocycles. The molecule has 1 aliphatic rings. The molecule has 0 radical (unpaired) electrons. The SMILES string of the molecule is CC(=O)c1ccc2c(c1)CN(CCCCNC(=O)/C=C/c1ccc3ccccc3c1)CC2. The first-order valence-corrected chi connectivity index (χ1v) is 11.4. The van der Waals surface area contributed by atoms with Crippen molar-refractivity contribution < 1.29 is 9.59 Å². The number of unbranched alkanes of at least 4 members (excludes halogenated alkanes) is 1. The second-order valence-electron chi connectivity index (χ2n) is 8.50. The van der Waals surface area contributed by atoms with E-state index in [1.165, 1.54) is 21.9 Å². The maximum Gasteiger partial charge on any atom is 0.243 e. The summed E-state index contributed by atoms with van der Waals surface area (Å²) in [6.07, 6.45) is 6.49. The monoisotopic (exact) mass is 426 g/mol. The van der Waals surface area contributed by atoms with Crippen LogP contribution in [-0.4, -0.2) is 36.2 Å². The fourth-order valence-electron chi connectivity index (χ4n) is 4.24. The minimum atomic E-state index is -0.0539. The normalized spacial score (nSPS) is 13.9. The summed E-state index contributed by atoms with van der Waals surface area (Å²) < 4.78 is 0. The molecule has 1 N–H and O–H groups in total. The summed E-state index contributed by atoms with van der Waals surface area (Å²) in [4.78, 5) is 26.2. The van der Waals surface area contributed by atoms with Gasteiger partial charge in [-0.05, 0) is 78.4 Å². The third-order valence-electron chi connectivity index (χ3n) is 6.11. The highest BCUT2D eigenvalue weighted by Gasteiger charge is 2.16. The van der Waals surface area contributed by atoms with Crippen LogP contribution in [0.3, 0.4) is 0 Å². The summed E-state index contributed by atoms with van der Waals surface area (Å²) in [7, 11) is 0. The van der Waals surface area contributed by atoms with Crippen LogP contribution in [0.25, 0.3) is 16.8 Å². The van der Waals surface area contributed by atoms with Crippen molar-refractivity contribution in [3.63, 3.8) is 0 Å². The first-order valence-electron chi connectivity index (χ1n) is 11.4. The molecule has 4 rings (SSSR count). The van der Waals surface area contributed by atoms with Gasteiger partial charge in [-0.2, -0.15) is 0 Å². The minimum absolute atomic E-state index is 0.0539. The molecule has 4 heteroatoms. The van der Waals surface area contributed by atoms with E-state index in [1.54, 1.807) is 13.0 Å². The highest BCUT2D eigenvalue weighted by Crippen LogP contribution is 2.21. The van der Waals surface area contributed by atoms with E-state index in [-0.39, 0.29) is 11.7 Å². The lowest BCUT2D eigenvalue weighted by molar-refractivity contribution is -0.116. The molecule has 32 heavy (non-hydrogen) atoms. The highest BCUT2D eigenvalue weighted by atomic mass is 16.1. The molecule has 3 aromatic rings. The summed E-state index contributed by atoms with van der Waals surface area (Å²) in [6.45, 7) is 5.25. The molecule has 0 unspecified atom stereocenters. The number of Topliss-reactive ketones (excluding diaryl/α,β-unsaturated/α-hetero) is 1. The number of ketones is 1. The van der Waals surface area contributed by atoms with Gasteiger partial charge in [-0.1, -0.05) is 48.5 Å². The van der Waals surface area contributed by atoms with Gasteiger partial charge < -0.3 is 5.32 Å². The lowest BCUT2D eigenvalue weighted by atomic mass is 9.96. The Kier molecular flexibility index (Phi) is 7.13. The van der Waals surface area contributed by atoms with E-state index in [1.807, 2.05) is 36.4 Å². The van der Waals surface area contributed by atoms with Gasteiger partial charge in [0.1, 0.15) is 0 Å². The molecular formula is C28H30N2O2. The van der Waals surface area contributed by atoms with Crippen LogP contribution in [0.5, 0.6) is 0 Å². The van der Waals surface area contributed by atoms with Crippen molar-refractivity contribution in [3.8, 4) is 0 Å². The Morgan fingerprint density at radius 2 is 1.81 bits per heavy atom. The third kappa shape index (κ3) is 5.71. The van der Waals surface area contributed by atoms with Crippen molar-refractivity contribution in [1.29, 1.82) is 0 Å². The predicted molar refractivity (Wildman–Crippen MR) is 131 cm³/mol.